The molecular weight excluding hydrogens is 340 g/mol. The Balaban J connectivity index is 1.74. The van der Waals surface area contributed by atoms with Gasteiger partial charge in [-0.3, -0.25) is 9.59 Å². The van der Waals surface area contributed by atoms with E-state index in [4.69, 9.17) is 19.9 Å². The molecule has 0 saturated carbocycles. The first-order chi connectivity index (χ1) is 12.4. The van der Waals surface area contributed by atoms with Gasteiger partial charge in [0, 0.05) is 0 Å². The Labute approximate surface area is 149 Å². The van der Waals surface area contributed by atoms with Crippen LogP contribution in [0.5, 0.6) is 17.4 Å². The van der Waals surface area contributed by atoms with Gasteiger partial charge < -0.3 is 25.3 Å². The summed E-state index contributed by atoms with van der Waals surface area (Å²) < 4.78 is 15.8. The highest BCUT2D eigenvalue weighted by atomic mass is 16.7. The van der Waals surface area contributed by atoms with Crippen LogP contribution in [0.15, 0.2) is 30.3 Å². The van der Waals surface area contributed by atoms with Gasteiger partial charge >= 0.3 is 0 Å². The van der Waals surface area contributed by atoms with Crippen LogP contribution in [0.4, 0.5) is 0 Å². The Morgan fingerprint density at radius 3 is 2.65 bits per heavy atom. The Kier molecular flexibility index (Phi) is 4.61. The van der Waals surface area contributed by atoms with E-state index in [0.717, 1.165) is 0 Å². The number of nitrogens with two attached hydrogens (primary N) is 1. The van der Waals surface area contributed by atoms with Crippen molar-refractivity contribution in [1.29, 1.82) is 0 Å². The minimum absolute atomic E-state index is 0.0779. The molecule has 2 heterocycles. The van der Waals surface area contributed by atoms with E-state index in [1.807, 2.05) is 18.2 Å². The summed E-state index contributed by atoms with van der Waals surface area (Å²) in [7, 11) is 0. The van der Waals surface area contributed by atoms with Gasteiger partial charge in [-0.15, -0.1) is 0 Å². The number of carbonyl (C=O) groups is 2. The van der Waals surface area contributed by atoms with Crippen LogP contribution in [0.3, 0.4) is 0 Å². The van der Waals surface area contributed by atoms with E-state index in [2.05, 4.69) is 15.3 Å². The van der Waals surface area contributed by atoms with Crippen LogP contribution in [-0.4, -0.2) is 35.2 Å². The number of rotatable bonds is 6. The SMILES string of the molecule is CC(C)(NC(=O)COc1ccccc1)c1nc2c(c(C(N)=O)n1)OCO2. The molecular formula is C17H18N4O5. The second-order valence-electron chi connectivity index (χ2n) is 6.08. The zero-order chi connectivity index (χ0) is 18.7. The van der Waals surface area contributed by atoms with E-state index in [1.165, 1.54) is 0 Å². The Morgan fingerprint density at radius 2 is 1.96 bits per heavy atom. The van der Waals surface area contributed by atoms with Gasteiger partial charge in [0.1, 0.15) is 5.75 Å². The summed E-state index contributed by atoms with van der Waals surface area (Å²) in [5, 5.41) is 2.76. The van der Waals surface area contributed by atoms with Gasteiger partial charge in [-0.1, -0.05) is 18.2 Å². The number of primary amides is 1. The number of nitrogens with zero attached hydrogens (tertiary/aromatic N) is 2. The number of fused-ring (bicyclic) bond motifs is 1. The molecule has 0 fully saturated rings. The number of aromatic nitrogens is 2. The molecule has 2 aromatic rings. The summed E-state index contributed by atoms with van der Waals surface area (Å²) in [6, 6.07) is 8.96. The van der Waals surface area contributed by atoms with E-state index < -0.39 is 11.4 Å². The van der Waals surface area contributed by atoms with Crippen LogP contribution in [0.2, 0.25) is 0 Å². The minimum atomic E-state index is -0.998. The summed E-state index contributed by atoms with van der Waals surface area (Å²) in [4.78, 5) is 32.2. The monoisotopic (exact) mass is 358 g/mol. The van der Waals surface area contributed by atoms with Gasteiger partial charge in [0.25, 0.3) is 17.7 Å². The number of benzene rings is 1. The topological polar surface area (TPSA) is 126 Å². The standard InChI is InChI=1S/C17H18N4O5/c1-17(2,21-11(22)8-24-10-6-4-3-5-7-10)16-19-12(14(18)23)13-15(20-16)26-9-25-13/h3-7H,8-9H2,1-2H3,(H2,18,23)(H,21,22). The number of amides is 2. The molecule has 0 saturated heterocycles. The third-order valence-electron chi connectivity index (χ3n) is 3.59. The van der Waals surface area contributed by atoms with Crippen molar-refractivity contribution in [1.82, 2.24) is 15.3 Å². The van der Waals surface area contributed by atoms with E-state index >= 15 is 0 Å². The Bertz CT molecular complexity index is 839. The lowest BCUT2D eigenvalue weighted by molar-refractivity contribution is -0.124. The molecule has 136 valence electrons. The summed E-state index contributed by atoms with van der Waals surface area (Å²) >= 11 is 0. The van der Waals surface area contributed by atoms with Crippen LogP contribution in [0.1, 0.15) is 30.2 Å². The number of ether oxygens (including phenoxy) is 3. The van der Waals surface area contributed by atoms with Crippen molar-refractivity contribution in [2.24, 2.45) is 5.73 Å². The van der Waals surface area contributed by atoms with Gasteiger partial charge in [0.05, 0.1) is 5.54 Å². The van der Waals surface area contributed by atoms with Crippen LogP contribution < -0.4 is 25.3 Å². The van der Waals surface area contributed by atoms with Gasteiger partial charge in [0.2, 0.25) is 12.5 Å². The van der Waals surface area contributed by atoms with Gasteiger partial charge in [0.15, 0.2) is 18.1 Å². The molecule has 1 aromatic heterocycles. The van der Waals surface area contributed by atoms with Crippen molar-refractivity contribution >= 4 is 11.8 Å². The van der Waals surface area contributed by atoms with Crippen LogP contribution in [0.25, 0.3) is 0 Å². The quantitative estimate of drug-likeness (QED) is 0.780. The lowest BCUT2D eigenvalue weighted by Crippen LogP contribution is -2.44. The Morgan fingerprint density at radius 1 is 1.23 bits per heavy atom. The maximum atomic E-state index is 12.2. The molecule has 1 aromatic carbocycles. The molecule has 1 aliphatic rings. The molecule has 26 heavy (non-hydrogen) atoms. The highest BCUT2D eigenvalue weighted by Gasteiger charge is 2.32. The smallest absolute Gasteiger partial charge is 0.271 e. The predicted molar refractivity (Wildman–Crippen MR) is 89.8 cm³/mol. The number of para-hydroxylation sites is 1. The van der Waals surface area contributed by atoms with Crippen molar-refractivity contribution in [3.05, 3.63) is 41.9 Å². The number of nitrogens with one attached hydrogen (secondary N) is 1. The lowest BCUT2D eigenvalue weighted by Gasteiger charge is -2.25. The first-order valence-electron chi connectivity index (χ1n) is 7.83. The molecule has 0 unspecified atom stereocenters. The number of carbonyl (C=O) groups excluding carboxylic acids is 2. The molecule has 3 N–H and O–H groups in total. The molecule has 0 spiro atoms. The zero-order valence-electron chi connectivity index (χ0n) is 14.3. The van der Waals surface area contributed by atoms with Crippen LogP contribution in [-0.2, 0) is 10.3 Å². The molecule has 0 aliphatic carbocycles. The molecule has 0 bridgehead atoms. The van der Waals surface area contributed by atoms with E-state index in [9.17, 15) is 9.59 Å². The molecule has 0 radical (unpaired) electrons. The van der Waals surface area contributed by atoms with Gasteiger partial charge in [-0.2, -0.15) is 4.98 Å². The number of hydrogen-bond donors (Lipinski definition) is 2. The second kappa shape index (κ2) is 6.87. The molecule has 3 rings (SSSR count). The van der Waals surface area contributed by atoms with Crippen molar-refractivity contribution < 1.29 is 23.8 Å². The van der Waals surface area contributed by atoms with Crippen molar-refractivity contribution in [3.8, 4) is 17.4 Å². The zero-order valence-corrected chi connectivity index (χ0v) is 14.3. The lowest BCUT2D eigenvalue weighted by atomic mass is 10.0. The maximum Gasteiger partial charge on any atom is 0.271 e. The maximum absolute atomic E-state index is 12.2. The highest BCUT2D eigenvalue weighted by Crippen LogP contribution is 2.34. The minimum Gasteiger partial charge on any atom is -0.484 e. The summed E-state index contributed by atoms with van der Waals surface area (Å²) in [6.45, 7) is 3.12. The van der Waals surface area contributed by atoms with E-state index in [-0.39, 0.29) is 42.5 Å². The summed E-state index contributed by atoms with van der Waals surface area (Å²) in [6.07, 6.45) is 0. The van der Waals surface area contributed by atoms with Crippen molar-refractivity contribution in [3.63, 3.8) is 0 Å². The second-order valence-corrected chi connectivity index (χ2v) is 6.08. The molecule has 9 nitrogen and oxygen atoms in total. The largest absolute Gasteiger partial charge is 0.484 e. The third-order valence-corrected chi connectivity index (χ3v) is 3.59. The van der Waals surface area contributed by atoms with Crippen LogP contribution >= 0.6 is 0 Å². The summed E-state index contributed by atoms with van der Waals surface area (Å²) in [5.74, 6) is -0.174. The van der Waals surface area contributed by atoms with Crippen molar-refractivity contribution in [2.75, 3.05) is 13.4 Å². The fourth-order valence-corrected chi connectivity index (χ4v) is 2.35. The number of hydrogen-bond acceptors (Lipinski definition) is 7. The average Bonchev–Trinajstić information content (AvgIpc) is 3.08. The molecule has 1 aliphatic heterocycles. The van der Waals surface area contributed by atoms with Crippen LogP contribution in [0, 0.1) is 0 Å². The fraction of sp³-hybridized carbons (Fsp3) is 0.294. The first-order valence-corrected chi connectivity index (χ1v) is 7.83. The van der Waals surface area contributed by atoms with Crippen molar-refractivity contribution in [2.45, 2.75) is 19.4 Å². The van der Waals surface area contributed by atoms with E-state index in [0.29, 0.717) is 5.75 Å². The highest BCUT2D eigenvalue weighted by molar-refractivity contribution is 5.94. The predicted octanol–water partition coefficient (Wildman–Crippen LogP) is 0.734. The van der Waals surface area contributed by atoms with Gasteiger partial charge in [-0.05, 0) is 26.0 Å². The Hall–Kier alpha value is -3.36. The average molecular weight is 358 g/mol. The molecule has 0 atom stereocenters. The molecule has 9 heteroatoms. The summed E-state index contributed by atoms with van der Waals surface area (Å²) in [5.41, 5.74) is 4.25. The fourth-order valence-electron chi connectivity index (χ4n) is 2.35. The normalized spacial score (nSPS) is 12.5. The molecule has 2 amide bonds. The third kappa shape index (κ3) is 3.66. The van der Waals surface area contributed by atoms with E-state index in [1.54, 1.807) is 26.0 Å². The first kappa shape index (κ1) is 17.5. The van der Waals surface area contributed by atoms with Gasteiger partial charge in [-0.25, -0.2) is 4.98 Å².